The van der Waals surface area contributed by atoms with E-state index in [9.17, 15) is 14.7 Å². The summed E-state index contributed by atoms with van der Waals surface area (Å²) < 4.78 is 0. The Morgan fingerprint density at radius 1 is 0.950 bits per heavy atom. The molecule has 0 aromatic rings. The Bertz CT molecular complexity index is 406. The summed E-state index contributed by atoms with van der Waals surface area (Å²) in [5.74, 6) is 0.0542. The van der Waals surface area contributed by atoms with E-state index in [1.165, 1.54) is 11.3 Å². The maximum absolute atomic E-state index is 12.8. The second kappa shape index (κ2) is 5.14. The number of carbonyl (C=O) groups excluding carboxylic acids is 2. The normalized spacial score (nSPS) is 28.6. The second-order valence-corrected chi connectivity index (χ2v) is 7.17. The predicted molar refractivity (Wildman–Crippen MR) is 74.8 cm³/mol. The van der Waals surface area contributed by atoms with Crippen LogP contribution in [-0.2, 0) is 9.59 Å². The molecule has 3 aliphatic rings. The minimum absolute atomic E-state index is 0.00313. The summed E-state index contributed by atoms with van der Waals surface area (Å²) in [6, 6.07) is 0. The molecule has 0 unspecified atom stereocenters. The molecule has 2 amide bonds. The van der Waals surface area contributed by atoms with Gasteiger partial charge in [-0.3, -0.25) is 14.5 Å². The summed E-state index contributed by atoms with van der Waals surface area (Å²) in [5.41, 5.74) is -0.601. The van der Waals surface area contributed by atoms with Crippen molar-refractivity contribution in [3.8, 4) is 0 Å². The zero-order valence-electron chi connectivity index (χ0n) is 12.2. The fourth-order valence-corrected chi connectivity index (χ4v) is 4.47. The molecule has 1 N–H and O–H groups in total. The minimum Gasteiger partial charge on any atom is -0.396 e. The molecular weight excluding hydrogens is 254 g/mol. The van der Waals surface area contributed by atoms with Crippen LogP contribution in [0.25, 0.3) is 0 Å². The summed E-state index contributed by atoms with van der Waals surface area (Å²) in [5, 5.41) is 9.70. The molecule has 3 rings (SSSR count). The molecular formula is C16H25NO3. The van der Waals surface area contributed by atoms with Crippen molar-refractivity contribution in [1.29, 1.82) is 0 Å². The van der Waals surface area contributed by atoms with Crippen molar-refractivity contribution < 1.29 is 14.7 Å². The highest BCUT2D eigenvalue weighted by atomic mass is 16.3. The Balaban J connectivity index is 1.76. The van der Waals surface area contributed by atoms with E-state index < -0.39 is 0 Å². The van der Waals surface area contributed by atoms with E-state index in [0.717, 1.165) is 51.4 Å². The first kappa shape index (κ1) is 14.1. The lowest BCUT2D eigenvalue weighted by Gasteiger charge is -2.34. The van der Waals surface area contributed by atoms with Crippen LogP contribution in [0.1, 0.15) is 64.2 Å². The molecule has 3 fully saturated rings. The van der Waals surface area contributed by atoms with Crippen LogP contribution in [0.3, 0.4) is 0 Å². The SMILES string of the molecule is O=C1CC2(CCCCC2)C(=O)N1CC1(CO)CCCC1. The molecule has 0 bridgehead atoms. The Morgan fingerprint density at radius 2 is 1.55 bits per heavy atom. The van der Waals surface area contributed by atoms with E-state index in [-0.39, 0.29) is 29.3 Å². The standard InChI is InChI=1S/C16H25NO3/c18-12-15(6-4-5-7-15)11-17-13(19)10-16(14(17)20)8-2-1-3-9-16/h18H,1-12H2. The van der Waals surface area contributed by atoms with Gasteiger partial charge in [-0.1, -0.05) is 32.1 Å². The maximum Gasteiger partial charge on any atom is 0.235 e. The van der Waals surface area contributed by atoms with Gasteiger partial charge in [0.15, 0.2) is 0 Å². The molecule has 0 aromatic heterocycles. The fraction of sp³-hybridized carbons (Fsp3) is 0.875. The van der Waals surface area contributed by atoms with Crippen LogP contribution in [0.15, 0.2) is 0 Å². The lowest BCUT2D eigenvalue weighted by Crippen LogP contribution is -2.44. The van der Waals surface area contributed by atoms with Crippen molar-refractivity contribution in [3.63, 3.8) is 0 Å². The Hall–Kier alpha value is -0.900. The number of hydrogen-bond acceptors (Lipinski definition) is 3. The molecule has 0 atom stereocenters. The molecule has 0 radical (unpaired) electrons. The van der Waals surface area contributed by atoms with Gasteiger partial charge < -0.3 is 5.11 Å². The summed E-state index contributed by atoms with van der Waals surface area (Å²) >= 11 is 0. The molecule has 2 saturated carbocycles. The number of nitrogens with zero attached hydrogens (tertiary/aromatic N) is 1. The third kappa shape index (κ3) is 2.18. The van der Waals surface area contributed by atoms with Crippen LogP contribution in [0.4, 0.5) is 0 Å². The first-order valence-electron chi connectivity index (χ1n) is 8.07. The smallest absolute Gasteiger partial charge is 0.235 e. The fourth-order valence-electron chi connectivity index (χ4n) is 4.47. The number of imide groups is 1. The molecule has 2 aliphatic carbocycles. The highest BCUT2D eigenvalue weighted by molar-refractivity contribution is 6.06. The van der Waals surface area contributed by atoms with Crippen LogP contribution >= 0.6 is 0 Å². The number of hydrogen-bond donors (Lipinski definition) is 1. The number of aliphatic hydroxyl groups excluding tert-OH is 1. The van der Waals surface area contributed by atoms with E-state index in [2.05, 4.69) is 0 Å². The molecule has 0 aromatic carbocycles. The van der Waals surface area contributed by atoms with Crippen molar-refractivity contribution in [1.82, 2.24) is 4.90 Å². The molecule has 4 heteroatoms. The zero-order valence-corrected chi connectivity index (χ0v) is 12.2. The first-order valence-corrected chi connectivity index (χ1v) is 8.07. The summed E-state index contributed by atoms with van der Waals surface area (Å²) in [4.78, 5) is 26.6. The van der Waals surface area contributed by atoms with E-state index >= 15 is 0 Å². The molecule has 4 nitrogen and oxygen atoms in total. The molecule has 1 spiro atoms. The lowest BCUT2D eigenvalue weighted by molar-refractivity contribution is -0.144. The van der Waals surface area contributed by atoms with E-state index in [0.29, 0.717) is 13.0 Å². The number of likely N-dealkylation sites (tertiary alicyclic amines) is 1. The first-order chi connectivity index (χ1) is 9.61. The average molecular weight is 279 g/mol. The van der Waals surface area contributed by atoms with Gasteiger partial charge in [0.05, 0.1) is 12.0 Å². The zero-order chi connectivity index (χ0) is 14.2. The van der Waals surface area contributed by atoms with Gasteiger partial charge in [-0.15, -0.1) is 0 Å². The Kier molecular flexibility index (Phi) is 3.61. The van der Waals surface area contributed by atoms with Crippen molar-refractivity contribution in [2.24, 2.45) is 10.8 Å². The monoisotopic (exact) mass is 279 g/mol. The largest absolute Gasteiger partial charge is 0.396 e. The topological polar surface area (TPSA) is 57.6 Å². The molecule has 20 heavy (non-hydrogen) atoms. The van der Waals surface area contributed by atoms with E-state index in [4.69, 9.17) is 0 Å². The van der Waals surface area contributed by atoms with Crippen LogP contribution in [0.2, 0.25) is 0 Å². The highest BCUT2D eigenvalue weighted by Crippen LogP contribution is 2.47. The lowest BCUT2D eigenvalue weighted by atomic mass is 9.73. The third-order valence-corrected chi connectivity index (χ3v) is 5.79. The number of amides is 2. The van der Waals surface area contributed by atoms with Crippen molar-refractivity contribution >= 4 is 11.8 Å². The van der Waals surface area contributed by atoms with Crippen LogP contribution in [0.5, 0.6) is 0 Å². The summed E-state index contributed by atoms with van der Waals surface area (Å²) in [7, 11) is 0. The van der Waals surface area contributed by atoms with E-state index in [1.54, 1.807) is 0 Å². The summed E-state index contributed by atoms with van der Waals surface area (Å²) in [6.45, 7) is 0.542. The van der Waals surface area contributed by atoms with Gasteiger partial charge in [-0.25, -0.2) is 0 Å². The molecule has 112 valence electrons. The van der Waals surface area contributed by atoms with Gasteiger partial charge in [0.25, 0.3) is 0 Å². The van der Waals surface area contributed by atoms with Crippen molar-refractivity contribution in [3.05, 3.63) is 0 Å². The van der Waals surface area contributed by atoms with Crippen LogP contribution in [0, 0.1) is 10.8 Å². The maximum atomic E-state index is 12.8. The third-order valence-electron chi connectivity index (χ3n) is 5.79. The quantitative estimate of drug-likeness (QED) is 0.806. The van der Waals surface area contributed by atoms with Gasteiger partial charge >= 0.3 is 0 Å². The number of aliphatic hydroxyl groups is 1. The van der Waals surface area contributed by atoms with Gasteiger partial charge in [-0.05, 0) is 25.7 Å². The van der Waals surface area contributed by atoms with Gasteiger partial charge in [0, 0.05) is 18.4 Å². The molecule has 1 saturated heterocycles. The van der Waals surface area contributed by atoms with Crippen LogP contribution in [-0.4, -0.2) is 35.0 Å². The van der Waals surface area contributed by atoms with Crippen LogP contribution < -0.4 is 0 Å². The van der Waals surface area contributed by atoms with Crippen molar-refractivity contribution in [2.75, 3.05) is 13.2 Å². The minimum atomic E-state index is -0.384. The summed E-state index contributed by atoms with van der Waals surface area (Å²) in [6.07, 6.45) is 9.55. The van der Waals surface area contributed by atoms with Gasteiger partial charge in [0.1, 0.15) is 0 Å². The average Bonchev–Trinajstić information content (AvgIpc) is 3.01. The predicted octanol–water partition coefficient (Wildman–Crippen LogP) is 2.25. The second-order valence-electron chi connectivity index (χ2n) is 7.17. The van der Waals surface area contributed by atoms with Gasteiger partial charge in [0.2, 0.25) is 11.8 Å². The highest BCUT2D eigenvalue weighted by Gasteiger charge is 2.53. The van der Waals surface area contributed by atoms with Crippen molar-refractivity contribution in [2.45, 2.75) is 64.2 Å². The number of rotatable bonds is 3. The Morgan fingerprint density at radius 3 is 2.15 bits per heavy atom. The Labute approximate surface area is 120 Å². The van der Waals surface area contributed by atoms with Gasteiger partial charge in [-0.2, -0.15) is 0 Å². The molecule has 1 heterocycles. The number of carbonyl (C=O) groups is 2. The molecule has 1 aliphatic heterocycles. The van der Waals surface area contributed by atoms with E-state index in [1.807, 2.05) is 0 Å².